The molecule has 18 atom stereocenters. The molecule has 0 aromatic carbocycles. The summed E-state index contributed by atoms with van der Waals surface area (Å²) >= 11 is 0. The number of hydrazine groups is 1. The SMILES string of the molecule is CC=C1/C(=C\C)C2NC3C4CCCCC4C4NC5C6CCCCC6C6NC7C8CCCCC8C(NC1C2C65)N7N34. The lowest BCUT2D eigenvalue weighted by Crippen LogP contribution is -2.68. The van der Waals surface area contributed by atoms with Gasteiger partial charge in [-0.1, -0.05) is 50.7 Å². The summed E-state index contributed by atoms with van der Waals surface area (Å²) in [6, 6.07) is 2.19. The second-order valence-corrected chi connectivity index (χ2v) is 15.7. The first-order valence-corrected chi connectivity index (χ1v) is 17.7. The highest BCUT2D eigenvalue weighted by Crippen LogP contribution is 2.60. The maximum Gasteiger partial charge on any atom is 0.0791 e. The van der Waals surface area contributed by atoms with Crippen molar-refractivity contribution in [2.24, 2.45) is 47.3 Å². The van der Waals surface area contributed by atoms with Crippen LogP contribution in [-0.2, 0) is 0 Å². The fourth-order valence-corrected chi connectivity index (χ4v) is 13.5. The second-order valence-electron chi connectivity index (χ2n) is 15.7. The molecule has 5 saturated carbocycles. The summed E-state index contributed by atoms with van der Waals surface area (Å²) < 4.78 is 0. The lowest BCUT2D eigenvalue weighted by Gasteiger charge is -2.48. The highest BCUT2D eigenvalue weighted by atomic mass is 15.8. The van der Waals surface area contributed by atoms with Gasteiger partial charge in [0.15, 0.2) is 0 Å². The van der Waals surface area contributed by atoms with Crippen LogP contribution in [0.5, 0.6) is 0 Å². The number of hydrogen-bond donors (Lipinski definition) is 4. The average molecular weight is 545 g/mol. The third-order valence-electron chi connectivity index (χ3n) is 14.7. The Balaban J connectivity index is 1.26. The summed E-state index contributed by atoms with van der Waals surface area (Å²) in [5, 5.41) is 24.5. The fraction of sp³-hybridized carbons (Fsp3) is 0.882. The van der Waals surface area contributed by atoms with E-state index in [-0.39, 0.29) is 0 Å². The van der Waals surface area contributed by atoms with E-state index in [1.165, 1.54) is 77.0 Å². The molecule has 5 aliphatic carbocycles. The molecule has 0 aromatic heterocycles. The van der Waals surface area contributed by atoms with Gasteiger partial charge in [0.1, 0.15) is 0 Å². The van der Waals surface area contributed by atoms with Gasteiger partial charge in [-0.25, -0.2) is 10.0 Å². The smallest absolute Gasteiger partial charge is 0.0791 e. The van der Waals surface area contributed by atoms with Crippen molar-refractivity contribution in [2.75, 3.05) is 0 Å². The van der Waals surface area contributed by atoms with E-state index >= 15 is 0 Å². The third-order valence-corrected chi connectivity index (χ3v) is 14.7. The highest BCUT2D eigenvalue weighted by molar-refractivity contribution is 5.48. The Labute approximate surface area is 241 Å². The van der Waals surface area contributed by atoms with Crippen molar-refractivity contribution < 1.29 is 0 Å². The quantitative estimate of drug-likeness (QED) is 0.365. The summed E-state index contributed by atoms with van der Waals surface area (Å²) in [5.74, 6) is 6.05. The van der Waals surface area contributed by atoms with Crippen molar-refractivity contribution in [1.82, 2.24) is 31.3 Å². The monoisotopic (exact) mass is 544 g/mol. The van der Waals surface area contributed by atoms with E-state index in [1.807, 2.05) is 0 Å². The lowest BCUT2D eigenvalue weighted by molar-refractivity contribution is -0.147. The molecule has 40 heavy (non-hydrogen) atoms. The van der Waals surface area contributed by atoms with Gasteiger partial charge >= 0.3 is 0 Å². The van der Waals surface area contributed by atoms with Crippen LogP contribution in [0, 0.1) is 47.3 Å². The minimum atomic E-state index is 0.450. The van der Waals surface area contributed by atoms with Crippen LogP contribution in [0.15, 0.2) is 23.3 Å². The summed E-state index contributed by atoms with van der Waals surface area (Å²) in [6.45, 7) is 4.66. The number of allylic oxidation sites excluding steroid dienone is 2. The number of nitrogens with zero attached hydrogens (tertiary/aromatic N) is 2. The molecule has 6 saturated heterocycles. The van der Waals surface area contributed by atoms with Crippen molar-refractivity contribution in [3.8, 4) is 0 Å². The van der Waals surface area contributed by atoms with Crippen LogP contribution in [0.1, 0.15) is 90.9 Å². The van der Waals surface area contributed by atoms with Crippen molar-refractivity contribution in [1.29, 1.82) is 0 Å². The predicted molar refractivity (Wildman–Crippen MR) is 157 cm³/mol. The zero-order valence-electron chi connectivity index (χ0n) is 24.8. The first-order valence-electron chi connectivity index (χ1n) is 17.7. The zero-order valence-corrected chi connectivity index (χ0v) is 24.8. The van der Waals surface area contributed by atoms with Crippen LogP contribution in [0.3, 0.4) is 0 Å². The van der Waals surface area contributed by atoms with Crippen molar-refractivity contribution in [3.05, 3.63) is 23.3 Å². The van der Waals surface area contributed by atoms with Crippen molar-refractivity contribution in [3.63, 3.8) is 0 Å². The Morgan fingerprint density at radius 3 is 1.20 bits per heavy atom. The minimum Gasteiger partial charge on any atom is -0.297 e. The van der Waals surface area contributed by atoms with Crippen molar-refractivity contribution in [2.45, 2.75) is 140 Å². The molecule has 6 heterocycles. The van der Waals surface area contributed by atoms with Crippen LogP contribution in [0.2, 0.25) is 0 Å². The first kappa shape index (κ1) is 24.7. The van der Waals surface area contributed by atoms with Gasteiger partial charge < -0.3 is 0 Å². The molecule has 6 aliphatic heterocycles. The summed E-state index contributed by atoms with van der Waals surface area (Å²) in [7, 11) is 0. The number of hydrogen-bond acceptors (Lipinski definition) is 6. The number of fused-ring (bicyclic) bond motifs is 3. The second kappa shape index (κ2) is 8.89. The molecule has 6 heteroatoms. The molecular weight excluding hydrogens is 492 g/mol. The van der Waals surface area contributed by atoms with Gasteiger partial charge in [0.05, 0.1) is 24.7 Å². The Kier molecular flexibility index (Phi) is 5.48. The number of rotatable bonds is 0. The largest absolute Gasteiger partial charge is 0.297 e. The Hall–Kier alpha value is -0.760. The summed E-state index contributed by atoms with van der Waals surface area (Å²) in [4.78, 5) is 0. The highest BCUT2D eigenvalue weighted by Gasteiger charge is 2.69. The summed E-state index contributed by atoms with van der Waals surface area (Å²) in [6.07, 6.45) is 24.0. The molecule has 0 radical (unpaired) electrons. The maximum atomic E-state index is 4.67. The van der Waals surface area contributed by atoms with Crippen LogP contribution in [0.4, 0.5) is 0 Å². The minimum absolute atomic E-state index is 0.450. The first-order chi connectivity index (χ1) is 19.8. The van der Waals surface area contributed by atoms with Crippen LogP contribution in [-0.4, -0.2) is 58.8 Å². The fourth-order valence-electron chi connectivity index (χ4n) is 13.5. The zero-order chi connectivity index (χ0) is 26.3. The van der Waals surface area contributed by atoms with E-state index < -0.39 is 0 Å². The van der Waals surface area contributed by atoms with Gasteiger partial charge in [-0.15, -0.1) is 0 Å². The Bertz CT molecular complexity index is 1030. The molecule has 218 valence electrons. The van der Waals surface area contributed by atoms with Gasteiger partial charge in [-0.3, -0.25) is 21.3 Å². The van der Waals surface area contributed by atoms with Gasteiger partial charge in [0.25, 0.3) is 0 Å². The topological polar surface area (TPSA) is 54.6 Å². The van der Waals surface area contributed by atoms with Crippen molar-refractivity contribution >= 4 is 0 Å². The third kappa shape index (κ3) is 2.97. The van der Waals surface area contributed by atoms with Gasteiger partial charge in [-0.2, -0.15) is 0 Å². The van der Waals surface area contributed by atoms with Gasteiger partial charge in [0.2, 0.25) is 0 Å². The van der Waals surface area contributed by atoms with Gasteiger partial charge in [0, 0.05) is 30.1 Å². The molecule has 0 amide bonds. The molecule has 0 spiro atoms. The van der Waals surface area contributed by atoms with E-state index in [1.54, 1.807) is 11.1 Å². The van der Waals surface area contributed by atoms with Crippen LogP contribution in [0.25, 0.3) is 0 Å². The van der Waals surface area contributed by atoms with E-state index in [2.05, 4.69) is 57.3 Å². The Morgan fingerprint density at radius 2 is 0.825 bits per heavy atom. The molecule has 11 rings (SSSR count). The van der Waals surface area contributed by atoms with Crippen LogP contribution < -0.4 is 21.3 Å². The molecule has 6 nitrogen and oxygen atoms in total. The summed E-state index contributed by atoms with van der Waals surface area (Å²) in [5.41, 5.74) is 3.25. The predicted octanol–water partition coefficient (Wildman–Crippen LogP) is 4.28. The molecule has 18 unspecified atom stereocenters. The van der Waals surface area contributed by atoms with E-state index in [9.17, 15) is 0 Å². The average Bonchev–Trinajstić information content (AvgIpc) is 3.69. The normalized spacial score (nSPS) is 62.8. The van der Waals surface area contributed by atoms with E-state index in [0.717, 1.165) is 35.5 Å². The molecule has 4 N–H and O–H groups in total. The Morgan fingerprint density at radius 1 is 0.475 bits per heavy atom. The molecule has 11 fully saturated rings. The molecule has 11 aliphatic rings. The standard InChI is InChI=1S/C34H52N6/c1-3-17-18(4-2)28-25-26-29-19-11-5-6-12-20(19)30(26)38-34-24-16-10-8-14-22(24)32(36-28)40(34)39-31(35-27(17)25)21-13-7-9-15-23(21)33(39)37-29/h3-4,19-38H,5-16H2,1-2H3/b17-3+,18-4?. The molecule has 0 aromatic rings. The molecule has 12 bridgehead atoms. The maximum absolute atomic E-state index is 4.67. The number of nitrogens with one attached hydrogen (secondary N) is 4. The van der Waals surface area contributed by atoms with Crippen LogP contribution >= 0.6 is 0 Å². The van der Waals surface area contributed by atoms with Gasteiger partial charge in [-0.05, 0) is 105 Å². The molecular formula is C34H52N6. The van der Waals surface area contributed by atoms with E-state index in [0.29, 0.717) is 60.7 Å². The lowest BCUT2D eigenvalue weighted by atomic mass is 9.73. The van der Waals surface area contributed by atoms with E-state index in [4.69, 9.17) is 0 Å².